The number of amides is 3. The standard InChI is InChI=1S/C25H37N3O6S2/c1-6-18-24(32)28-22(15(4)5)25(33)34-17-9-7-8-10-35-36-13-16(23(31)26-18)11-19(29)21(14(2)3)27-20(30)12-17/h6-7,9,14-17,21-22H,8,10-13H2,1-5H3,(H,26,31)(H,27,30)(H,28,32)/b9-7+,18-6-/t16?,17?,21-,22-/m0/s1. The number of hydrogen-bond donors (Lipinski definition) is 3. The first kappa shape index (κ1) is 30.0. The van der Waals surface area contributed by atoms with Gasteiger partial charge in [0.1, 0.15) is 17.8 Å². The van der Waals surface area contributed by atoms with Crippen LogP contribution in [0.4, 0.5) is 0 Å². The minimum Gasteiger partial charge on any atom is -0.456 e. The third-order valence-corrected chi connectivity index (χ3v) is 8.39. The minimum absolute atomic E-state index is 0.00452. The van der Waals surface area contributed by atoms with Gasteiger partial charge in [-0.2, -0.15) is 0 Å². The van der Waals surface area contributed by atoms with Crippen molar-refractivity contribution in [3.8, 4) is 0 Å². The van der Waals surface area contributed by atoms with Crippen molar-refractivity contribution in [3.63, 3.8) is 0 Å². The van der Waals surface area contributed by atoms with Gasteiger partial charge in [0.2, 0.25) is 11.8 Å². The summed E-state index contributed by atoms with van der Waals surface area (Å²) in [6.45, 7) is 8.78. The smallest absolute Gasteiger partial charge is 0.329 e. The molecule has 11 heteroatoms. The Bertz CT molecular complexity index is 902. The van der Waals surface area contributed by atoms with E-state index in [4.69, 9.17) is 4.74 Å². The summed E-state index contributed by atoms with van der Waals surface area (Å²) in [5.74, 6) is -2.59. The van der Waals surface area contributed by atoms with Crippen molar-refractivity contribution in [1.29, 1.82) is 0 Å². The first-order chi connectivity index (χ1) is 17.0. The van der Waals surface area contributed by atoms with Crippen LogP contribution in [-0.2, 0) is 28.7 Å². The van der Waals surface area contributed by atoms with Crippen LogP contribution in [0.2, 0.25) is 0 Å². The number of rotatable bonds is 2. The third-order valence-electron chi connectivity index (χ3n) is 5.87. The molecule has 1 saturated heterocycles. The van der Waals surface area contributed by atoms with Gasteiger partial charge >= 0.3 is 5.97 Å². The molecular weight excluding hydrogens is 502 g/mol. The first-order valence-corrected chi connectivity index (χ1v) is 14.7. The summed E-state index contributed by atoms with van der Waals surface area (Å²) in [4.78, 5) is 65.4. The van der Waals surface area contributed by atoms with E-state index in [2.05, 4.69) is 16.0 Å². The average Bonchev–Trinajstić information content (AvgIpc) is 2.81. The topological polar surface area (TPSA) is 131 Å². The maximum Gasteiger partial charge on any atom is 0.329 e. The molecular formula is C25H37N3O6S2. The number of Topliss-reactive ketones (excluding diaryl/α,β-unsaturated/α-hetero) is 1. The van der Waals surface area contributed by atoms with Crippen LogP contribution in [0, 0.1) is 17.8 Å². The molecule has 2 heterocycles. The van der Waals surface area contributed by atoms with Crippen molar-refractivity contribution in [2.45, 2.75) is 72.1 Å². The van der Waals surface area contributed by atoms with Crippen LogP contribution < -0.4 is 16.0 Å². The van der Waals surface area contributed by atoms with E-state index in [0.29, 0.717) is 12.2 Å². The fourth-order valence-electron chi connectivity index (χ4n) is 3.77. The number of nitrogens with one attached hydrogen (secondary N) is 3. The number of carbonyl (C=O) groups excluding carboxylic acids is 5. The molecule has 0 radical (unpaired) electrons. The molecule has 3 amide bonds. The highest BCUT2D eigenvalue weighted by Crippen LogP contribution is 2.27. The van der Waals surface area contributed by atoms with Crippen LogP contribution in [0.5, 0.6) is 0 Å². The third kappa shape index (κ3) is 8.99. The van der Waals surface area contributed by atoms with Gasteiger partial charge < -0.3 is 20.7 Å². The van der Waals surface area contributed by atoms with E-state index < -0.39 is 47.8 Å². The molecule has 9 nitrogen and oxygen atoms in total. The SMILES string of the molecule is C/C=C1\NC(=O)C2CSSCC/C=C/C(CC(=O)N[C@@H](C(C)C)C(=O)C2)OC(=O)[C@H](C(C)C)NC1=O. The molecule has 0 spiro atoms. The van der Waals surface area contributed by atoms with Crippen LogP contribution in [0.1, 0.15) is 53.9 Å². The molecule has 2 aliphatic heterocycles. The Morgan fingerprint density at radius 2 is 1.67 bits per heavy atom. The van der Waals surface area contributed by atoms with Gasteiger partial charge in [-0.05, 0) is 31.3 Å². The number of esters is 1. The predicted octanol–water partition coefficient (Wildman–Crippen LogP) is 2.52. The van der Waals surface area contributed by atoms with E-state index in [1.807, 2.05) is 19.9 Å². The van der Waals surface area contributed by atoms with Gasteiger partial charge in [0, 0.05) is 17.9 Å². The van der Waals surface area contributed by atoms with Gasteiger partial charge in [-0.3, -0.25) is 19.2 Å². The highest BCUT2D eigenvalue weighted by atomic mass is 33.1. The van der Waals surface area contributed by atoms with Crippen molar-refractivity contribution in [2.24, 2.45) is 17.8 Å². The molecule has 0 aromatic rings. The van der Waals surface area contributed by atoms with E-state index in [0.717, 1.165) is 5.75 Å². The molecule has 36 heavy (non-hydrogen) atoms. The lowest BCUT2D eigenvalue weighted by molar-refractivity contribution is -0.153. The van der Waals surface area contributed by atoms with Crippen LogP contribution >= 0.6 is 21.6 Å². The quantitative estimate of drug-likeness (QED) is 0.211. The van der Waals surface area contributed by atoms with Gasteiger partial charge in [-0.1, -0.05) is 61.4 Å². The van der Waals surface area contributed by atoms with E-state index in [1.165, 1.54) is 16.9 Å². The Kier molecular flexibility index (Phi) is 12.0. The maximum atomic E-state index is 13.2. The summed E-state index contributed by atoms with van der Waals surface area (Å²) >= 11 is 0. The van der Waals surface area contributed by atoms with Crippen LogP contribution in [0.25, 0.3) is 0 Å². The zero-order valence-electron chi connectivity index (χ0n) is 21.5. The van der Waals surface area contributed by atoms with Crippen LogP contribution in [-0.4, -0.2) is 59.2 Å². The van der Waals surface area contributed by atoms with E-state index in [9.17, 15) is 24.0 Å². The van der Waals surface area contributed by atoms with E-state index in [-0.39, 0.29) is 36.2 Å². The Hall–Kier alpha value is -2.27. The molecule has 1 fully saturated rings. The van der Waals surface area contributed by atoms with Crippen molar-refractivity contribution >= 4 is 51.1 Å². The molecule has 0 aliphatic carbocycles. The van der Waals surface area contributed by atoms with Gasteiger partial charge in [0.25, 0.3) is 5.91 Å². The van der Waals surface area contributed by atoms with Crippen LogP contribution in [0.3, 0.4) is 0 Å². The molecule has 4 atom stereocenters. The number of ether oxygens (including phenoxy) is 1. The summed E-state index contributed by atoms with van der Waals surface area (Å²) in [6, 6.07) is -1.78. The fourth-order valence-corrected chi connectivity index (χ4v) is 6.07. The predicted molar refractivity (Wildman–Crippen MR) is 142 cm³/mol. The number of fused-ring (bicyclic) bond motifs is 7. The normalized spacial score (nSPS) is 29.9. The lowest BCUT2D eigenvalue weighted by Gasteiger charge is -2.27. The second-order valence-electron chi connectivity index (χ2n) is 9.55. The zero-order valence-corrected chi connectivity index (χ0v) is 23.1. The van der Waals surface area contributed by atoms with Crippen molar-refractivity contribution in [1.82, 2.24) is 16.0 Å². The summed E-state index contributed by atoms with van der Waals surface area (Å²) in [5, 5.41) is 8.08. The number of carbonyl (C=O) groups is 5. The van der Waals surface area contributed by atoms with E-state index >= 15 is 0 Å². The molecule has 0 aromatic heterocycles. The molecule has 2 aliphatic rings. The van der Waals surface area contributed by atoms with Gasteiger partial charge in [0.05, 0.1) is 18.4 Å². The van der Waals surface area contributed by atoms with Crippen LogP contribution in [0.15, 0.2) is 23.9 Å². The van der Waals surface area contributed by atoms with Crippen molar-refractivity contribution in [2.75, 3.05) is 11.5 Å². The summed E-state index contributed by atoms with van der Waals surface area (Å²) in [5.41, 5.74) is -0.00452. The van der Waals surface area contributed by atoms with Gasteiger partial charge in [-0.25, -0.2) is 4.79 Å². The number of ketones is 1. The molecule has 2 rings (SSSR count). The fraction of sp³-hybridized carbons (Fsp3) is 0.640. The van der Waals surface area contributed by atoms with Crippen molar-refractivity contribution < 1.29 is 28.7 Å². The minimum atomic E-state index is -0.987. The second kappa shape index (κ2) is 14.5. The Morgan fingerprint density at radius 3 is 2.31 bits per heavy atom. The molecule has 200 valence electrons. The first-order valence-electron chi connectivity index (χ1n) is 12.2. The molecule has 0 aromatic carbocycles. The zero-order chi connectivity index (χ0) is 26.8. The average molecular weight is 540 g/mol. The Labute approximate surface area is 220 Å². The van der Waals surface area contributed by atoms with Gasteiger partial charge in [0.15, 0.2) is 5.78 Å². The second-order valence-corrected chi connectivity index (χ2v) is 12.2. The van der Waals surface area contributed by atoms with E-state index in [1.54, 1.807) is 37.6 Å². The summed E-state index contributed by atoms with van der Waals surface area (Å²) in [6.07, 6.45) is 4.56. The number of hydrogen-bond acceptors (Lipinski definition) is 8. The number of allylic oxidation sites excluding steroid dienone is 2. The molecule has 3 N–H and O–H groups in total. The lowest BCUT2D eigenvalue weighted by Crippen LogP contribution is -2.50. The van der Waals surface area contributed by atoms with Gasteiger partial charge in [-0.15, -0.1) is 0 Å². The summed E-state index contributed by atoms with van der Waals surface area (Å²) < 4.78 is 5.67. The van der Waals surface area contributed by atoms with Crippen molar-refractivity contribution in [3.05, 3.63) is 23.9 Å². The largest absolute Gasteiger partial charge is 0.456 e. The Morgan fingerprint density at radius 1 is 0.972 bits per heavy atom. The molecule has 2 bridgehead atoms. The molecule has 0 saturated carbocycles. The molecule has 2 unspecified atom stereocenters. The monoisotopic (exact) mass is 539 g/mol. The highest BCUT2D eigenvalue weighted by Gasteiger charge is 2.33. The Balaban J connectivity index is 2.55. The maximum absolute atomic E-state index is 13.2. The summed E-state index contributed by atoms with van der Waals surface area (Å²) in [7, 11) is 3.05. The highest BCUT2D eigenvalue weighted by molar-refractivity contribution is 8.76. The lowest BCUT2D eigenvalue weighted by atomic mass is 9.92.